The Kier molecular flexibility index (Phi) is 3.10. The van der Waals surface area contributed by atoms with Crippen LogP contribution in [0.3, 0.4) is 0 Å². The van der Waals surface area contributed by atoms with Gasteiger partial charge in [0.25, 0.3) is 0 Å². The number of H-pyrrole nitrogens is 1. The summed E-state index contributed by atoms with van der Waals surface area (Å²) in [5.41, 5.74) is 1.29. The number of aryl methyl sites for hydroxylation is 1. The summed E-state index contributed by atoms with van der Waals surface area (Å²) < 4.78 is 7.66. The summed E-state index contributed by atoms with van der Waals surface area (Å²) in [5, 5.41) is 4.22. The van der Waals surface area contributed by atoms with Crippen LogP contribution in [-0.4, -0.2) is 40.6 Å². The van der Waals surface area contributed by atoms with Gasteiger partial charge in [-0.1, -0.05) is 0 Å². The number of aromatic amines is 1. The van der Waals surface area contributed by atoms with Crippen LogP contribution in [-0.2, 0) is 11.8 Å². The van der Waals surface area contributed by atoms with E-state index in [1.165, 1.54) is 0 Å². The van der Waals surface area contributed by atoms with E-state index in [0.29, 0.717) is 23.3 Å². The molecule has 1 fully saturated rings. The highest BCUT2D eigenvalue weighted by molar-refractivity contribution is 9.10. The van der Waals surface area contributed by atoms with E-state index in [0.717, 1.165) is 17.9 Å². The van der Waals surface area contributed by atoms with Crippen molar-refractivity contribution in [3.05, 3.63) is 20.9 Å². The lowest BCUT2D eigenvalue weighted by Gasteiger charge is -2.34. The minimum Gasteiger partial charge on any atom is -0.377 e. The predicted octanol–water partition coefficient (Wildman–Crippen LogP) is 1.25. The molecule has 1 unspecified atom stereocenters. The molecule has 1 aliphatic heterocycles. The molecular formula is C12H15BrN4O2. The SMILES string of the molecule is CC1COCCN1c1cc(=O)c2c([nH]1)c(Br)nn2C. The maximum atomic E-state index is 12.2. The van der Waals surface area contributed by atoms with Crippen molar-refractivity contribution >= 4 is 32.8 Å². The largest absolute Gasteiger partial charge is 0.377 e. The molecule has 1 aliphatic rings. The summed E-state index contributed by atoms with van der Waals surface area (Å²) in [5.74, 6) is 0.821. The number of morpholine rings is 1. The van der Waals surface area contributed by atoms with Crippen molar-refractivity contribution in [1.82, 2.24) is 14.8 Å². The lowest BCUT2D eigenvalue weighted by atomic mass is 10.2. The number of anilines is 1. The molecule has 0 radical (unpaired) electrons. The van der Waals surface area contributed by atoms with Crippen molar-refractivity contribution in [2.75, 3.05) is 24.7 Å². The minimum atomic E-state index is -0.0249. The van der Waals surface area contributed by atoms with Crippen LogP contribution in [0.25, 0.3) is 11.0 Å². The fraction of sp³-hybridized carbons (Fsp3) is 0.500. The molecule has 6 nitrogen and oxygen atoms in total. The molecule has 102 valence electrons. The molecule has 1 atom stereocenters. The van der Waals surface area contributed by atoms with Gasteiger partial charge in [-0.15, -0.1) is 0 Å². The standard InChI is InChI=1S/C12H15BrN4O2/c1-7-6-19-4-3-17(7)9-5-8(18)11-10(14-9)12(13)15-16(11)2/h5,7H,3-4,6H2,1-2H3,(H,14,18). The molecule has 2 aromatic heterocycles. The number of hydrogen-bond acceptors (Lipinski definition) is 4. The van der Waals surface area contributed by atoms with Gasteiger partial charge >= 0.3 is 0 Å². The van der Waals surface area contributed by atoms with Crippen molar-refractivity contribution in [3.63, 3.8) is 0 Å². The third kappa shape index (κ3) is 2.06. The third-order valence-electron chi connectivity index (χ3n) is 3.44. The number of pyridine rings is 1. The fourth-order valence-electron chi connectivity index (χ4n) is 2.48. The van der Waals surface area contributed by atoms with E-state index in [1.807, 2.05) is 0 Å². The van der Waals surface area contributed by atoms with Gasteiger partial charge in [0.05, 0.1) is 19.3 Å². The van der Waals surface area contributed by atoms with Crippen LogP contribution in [0.1, 0.15) is 6.92 Å². The van der Waals surface area contributed by atoms with E-state index in [2.05, 4.69) is 37.8 Å². The summed E-state index contributed by atoms with van der Waals surface area (Å²) in [6.07, 6.45) is 0. The molecule has 1 saturated heterocycles. The lowest BCUT2D eigenvalue weighted by molar-refractivity contribution is 0.0985. The Labute approximate surface area is 118 Å². The number of halogens is 1. The van der Waals surface area contributed by atoms with Gasteiger partial charge in [0.15, 0.2) is 4.60 Å². The Hall–Kier alpha value is -1.34. The van der Waals surface area contributed by atoms with E-state index in [9.17, 15) is 4.79 Å². The number of nitrogens with zero attached hydrogens (tertiary/aromatic N) is 3. The van der Waals surface area contributed by atoms with E-state index >= 15 is 0 Å². The first-order valence-corrected chi connectivity index (χ1v) is 6.97. The highest BCUT2D eigenvalue weighted by Crippen LogP contribution is 2.23. The van der Waals surface area contributed by atoms with Gasteiger partial charge in [-0.05, 0) is 22.9 Å². The Bertz CT molecular complexity index is 678. The molecule has 2 aromatic rings. The maximum Gasteiger partial charge on any atom is 0.209 e. The van der Waals surface area contributed by atoms with Gasteiger partial charge in [-0.3, -0.25) is 9.48 Å². The monoisotopic (exact) mass is 326 g/mol. The van der Waals surface area contributed by atoms with Gasteiger partial charge < -0.3 is 14.6 Å². The molecule has 3 heterocycles. The molecule has 0 amide bonds. The van der Waals surface area contributed by atoms with E-state index in [1.54, 1.807) is 17.8 Å². The average Bonchev–Trinajstić information content (AvgIpc) is 2.65. The molecule has 0 saturated carbocycles. The van der Waals surface area contributed by atoms with Crippen LogP contribution < -0.4 is 10.3 Å². The van der Waals surface area contributed by atoms with Crippen molar-refractivity contribution in [1.29, 1.82) is 0 Å². The van der Waals surface area contributed by atoms with Gasteiger partial charge in [0.1, 0.15) is 16.9 Å². The second kappa shape index (κ2) is 4.64. The van der Waals surface area contributed by atoms with Gasteiger partial charge in [-0.2, -0.15) is 5.10 Å². The van der Waals surface area contributed by atoms with Crippen LogP contribution in [0.4, 0.5) is 5.82 Å². The first-order chi connectivity index (χ1) is 9.08. The molecule has 1 N–H and O–H groups in total. The summed E-state index contributed by atoms with van der Waals surface area (Å²) in [6.45, 7) is 4.22. The summed E-state index contributed by atoms with van der Waals surface area (Å²) in [7, 11) is 1.76. The third-order valence-corrected chi connectivity index (χ3v) is 3.99. The molecule has 3 rings (SSSR count). The Morgan fingerprint density at radius 3 is 3.11 bits per heavy atom. The molecule has 19 heavy (non-hydrogen) atoms. The Morgan fingerprint density at radius 2 is 2.37 bits per heavy atom. The zero-order valence-electron chi connectivity index (χ0n) is 10.8. The Morgan fingerprint density at radius 1 is 1.58 bits per heavy atom. The highest BCUT2D eigenvalue weighted by Gasteiger charge is 2.21. The molecule has 0 spiro atoms. The fourth-order valence-corrected chi connectivity index (χ4v) is 3.01. The van der Waals surface area contributed by atoms with Crippen LogP contribution in [0.2, 0.25) is 0 Å². The number of nitrogens with one attached hydrogen (secondary N) is 1. The molecule has 0 aromatic carbocycles. The van der Waals surface area contributed by atoms with Crippen LogP contribution in [0.5, 0.6) is 0 Å². The van der Waals surface area contributed by atoms with E-state index in [4.69, 9.17) is 4.74 Å². The minimum absolute atomic E-state index is 0.0249. The molecule has 7 heteroatoms. The first-order valence-electron chi connectivity index (χ1n) is 6.18. The normalized spacial score (nSPS) is 20.2. The number of ether oxygens (including phenoxy) is 1. The smallest absolute Gasteiger partial charge is 0.209 e. The molecule has 0 aliphatic carbocycles. The topological polar surface area (TPSA) is 63.1 Å². The summed E-state index contributed by atoms with van der Waals surface area (Å²) >= 11 is 3.38. The quantitative estimate of drug-likeness (QED) is 0.856. The second-order valence-electron chi connectivity index (χ2n) is 4.77. The van der Waals surface area contributed by atoms with Gasteiger partial charge in [-0.25, -0.2) is 0 Å². The van der Waals surface area contributed by atoms with Crippen molar-refractivity contribution in [2.45, 2.75) is 13.0 Å². The van der Waals surface area contributed by atoms with Crippen LogP contribution in [0, 0.1) is 0 Å². The maximum absolute atomic E-state index is 12.2. The van der Waals surface area contributed by atoms with Crippen LogP contribution in [0.15, 0.2) is 15.5 Å². The zero-order chi connectivity index (χ0) is 13.6. The van der Waals surface area contributed by atoms with Crippen LogP contribution >= 0.6 is 15.9 Å². The number of aromatic nitrogens is 3. The lowest BCUT2D eigenvalue weighted by Crippen LogP contribution is -2.44. The van der Waals surface area contributed by atoms with Gasteiger partial charge in [0.2, 0.25) is 5.43 Å². The highest BCUT2D eigenvalue weighted by atomic mass is 79.9. The van der Waals surface area contributed by atoms with Crippen molar-refractivity contribution in [3.8, 4) is 0 Å². The predicted molar refractivity (Wildman–Crippen MR) is 76.7 cm³/mol. The molecular weight excluding hydrogens is 312 g/mol. The first kappa shape index (κ1) is 12.7. The summed E-state index contributed by atoms with van der Waals surface area (Å²) in [6, 6.07) is 1.88. The Balaban J connectivity index is 2.15. The number of hydrogen-bond donors (Lipinski definition) is 1. The zero-order valence-corrected chi connectivity index (χ0v) is 12.4. The van der Waals surface area contributed by atoms with E-state index < -0.39 is 0 Å². The van der Waals surface area contributed by atoms with Crippen molar-refractivity contribution in [2.24, 2.45) is 7.05 Å². The second-order valence-corrected chi connectivity index (χ2v) is 5.53. The summed E-state index contributed by atoms with van der Waals surface area (Å²) in [4.78, 5) is 17.7. The van der Waals surface area contributed by atoms with Gasteiger partial charge in [0, 0.05) is 19.7 Å². The average molecular weight is 327 g/mol. The van der Waals surface area contributed by atoms with Crippen molar-refractivity contribution < 1.29 is 4.74 Å². The number of fused-ring (bicyclic) bond motifs is 1. The van der Waals surface area contributed by atoms with E-state index in [-0.39, 0.29) is 11.5 Å². The molecule has 0 bridgehead atoms. The number of rotatable bonds is 1.